The van der Waals surface area contributed by atoms with Crippen molar-refractivity contribution < 1.29 is 5.11 Å². The molecule has 0 aliphatic rings. The van der Waals surface area contributed by atoms with Gasteiger partial charge in [0.05, 0.1) is 5.69 Å². The van der Waals surface area contributed by atoms with Crippen LogP contribution in [0.3, 0.4) is 0 Å². The first-order valence-electron chi connectivity index (χ1n) is 12.0. The largest absolute Gasteiger partial charge is 0.374 e. The van der Waals surface area contributed by atoms with E-state index in [1.165, 1.54) is 0 Å². The predicted molar refractivity (Wildman–Crippen MR) is 148 cm³/mol. The van der Waals surface area contributed by atoms with Gasteiger partial charge in [0.15, 0.2) is 17.1 Å². The Kier molecular flexibility index (Phi) is 5.97. The van der Waals surface area contributed by atoms with Crippen molar-refractivity contribution in [2.45, 2.75) is 5.60 Å². The van der Waals surface area contributed by atoms with Gasteiger partial charge < -0.3 is 5.11 Å². The number of nitrogens with zero attached hydrogens (tertiary/aromatic N) is 3. The molecule has 0 spiro atoms. The standard InChI is InChI=1S/C32H22ClN3O/c33-28-18-10-8-16-26(28)25-15-7-9-17-27(25)32(37,24-13-5-2-6-14-24)29-20-19-23-21-34-30(36-31(23)35-29)22-11-3-1-4-12-22/h1-21,37H. The molecule has 4 aromatic carbocycles. The fourth-order valence-corrected chi connectivity index (χ4v) is 4.91. The minimum absolute atomic E-state index is 0.461. The van der Waals surface area contributed by atoms with Crippen LogP contribution in [0.25, 0.3) is 33.5 Å². The van der Waals surface area contributed by atoms with Crippen LogP contribution in [0.15, 0.2) is 128 Å². The molecule has 0 saturated heterocycles. The lowest BCUT2D eigenvalue weighted by molar-refractivity contribution is 0.122. The van der Waals surface area contributed by atoms with E-state index in [2.05, 4.69) is 4.98 Å². The highest BCUT2D eigenvalue weighted by molar-refractivity contribution is 6.33. The minimum Gasteiger partial charge on any atom is -0.374 e. The quantitative estimate of drug-likeness (QED) is 0.270. The van der Waals surface area contributed by atoms with Crippen LogP contribution in [0, 0.1) is 0 Å². The first-order valence-corrected chi connectivity index (χ1v) is 12.3. The highest BCUT2D eigenvalue weighted by atomic mass is 35.5. The van der Waals surface area contributed by atoms with Crippen LogP contribution in [0.4, 0.5) is 0 Å². The van der Waals surface area contributed by atoms with E-state index in [1.54, 1.807) is 6.20 Å². The number of aliphatic hydroxyl groups is 1. The third-order valence-corrected chi connectivity index (χ3v) is 6.85. The maximum absolute atomic E-state index is 12.7. The lowest BCUT2D eigenvalue weighted by Gasteiger charge is -2.31. The summed E-state index contributed by atoms with van der Waals surface area (Å²) in [7, 11) is 0. The Labute approximate surface area is 219 Å². The van der Waals surface area contributed by atoms with E-state index < -0.39 is 5.60 Å². The van der Waals surface area contributed by atoms with Crippen molar-refractivity contribution in [2.24, 2.45) is 0 Å². The topological polar surface area (TPSA) is 58.9 Å². The van der Waals surface area contributed by atoms with Crippen molar-refractivity contribution in [3.8, 4) is 22.5 Å². The summed E-state index contributed by atoms with van der Waals surface area (Å²) in [5, 5.41) is 14.1. The second kappa shape index (κ2) is 9.58. The molecule has 0 fully saturated rings. The summed E-state index contributed by atoms with van der Waals surface area (Å²) in [5.41, 5.74) is 3.34. The van der Waals surface area contributed by atoms with E-state index in [1.807, 2.05) is 121 Å². The van der Waals surface area contributed by atoms with Gasteiger partial charge >= 0.3 is 0 Å². The van der Waals surface area contributed by atoms with Crippen LogP contribution in [0.5, 0.6) is 0 Å². The number of rotatable bonds is 5. The fourth-order valence-electron chi connectivity index (χ4n) is 4.67. The molecule has 0 amide bonds. The molecule has 0 bridgehead atoms. The minimum atomic E-state index is -1.57. The number of halogens is 1. The molecule has 0 aliphatic heterocycles. The van der Waals surface area contributed by atoms with E-state index in [9.17, 15) is 5.11 Å². The number of benzene rings is 4. The molecule has 5 heteroatoms. The summed E-state index contributed by atoms with van der Waals surface area (Å²) >= 11 is 6.61. The maximum atomic E-state index is 12.7. The van der Waals surface area contributed by atoms with E-state index in [0.29, 0.717) is 33.3 Å². The Hall–Kier alpha value is -4.38. The van der Waals surface area contributed by atoms with Gasteiger partial charge in [0, 0.05) is 33.3 Å². The normalized spacial score (nSPS) is 12.8. The second-order valence-electron chi connectivity index (χ2n) is 8.77. The molecule has 0 saturated carbocycles. The number of hydrogen-bond acceptors (Lipinski definition) is 4. The monoisotopic (exact) mass is 499 g/mol. The summed E-state index contributed by atoms with van der Waals surface area (Å²) < 4.78 is 0. The number of pyridine rings is 1. The average Bonchev–Trinajstić information content (AvgIpc) is 2.97. The van der Waals surface area contributed by atoms with Crippen LogP contribution in [0.1, 0.15) is 16.8 Å². The molecule has 1 atom stereocenters. The van der Waals surface area contributed by atoms with Crippen LogP contribution in [-0.4, -0.2) is 20.1 Å². The molecule has 6 rings (SSSR count). The lowest BCUT2D eigenvalue weighted by atomic mass is 9.79. The Morgan fingerprint density at radius 1 is 0.622 bits per heavy atom. The number of fused-ring (bicyclic) bond motifs is 1. The van der Waals surface area contributed by atoms with Gasteiger partial charge in [0.25, 0.3) is 0 Å². The SMILES string of the molecule is OC(c1ccccc1)(c1ccc2cnc(-c3ccccc3)nc2n1)c1ccccc1-c1ccccc1Cl. The first-order chi connectivity index (χ1) is 18.1. The molecular weight excluding hydrogens is 478 g/mol. The zero-order valence-corrected chi connectivity index (χ0v) is 20.5. The highest BCUT2D eigenvalue weighted by Crippen LogP contribution is 2.42. The molecular formula is C32H22ClN3O. The van der Waals surface area contributed by atoms with Crippen LogP contribution >= 0.6 is 11.6 Å². The summed E-state index contributed by atoms with van der Waals surface area (Å²) in [6.07, 6.45) is 1.76. The van der Waals surface area contributed by atoms with Crippen molar-refractivity contribution in [3.63, 3.8) is 0 Å². The van der Waals surface area contributed by atoms with Gasteiger partial charge in [0.2, 0.25) is 0 Å². The van der Waals surface area contributed by atoms with Crippen molar-refractivity contribution in [2.75, 3.05) is 0 Å². The summed E-state index contributed by atoms with van der Waals surface area (Å²) in [4.78, 5) is 14.2. The molecule has 2 aromatic heterocycles. The van der Waals surface area contributed by atoms with Gasteiger partial charge in [-0.3, -0.25) is 0 Å². The Balaban J connectivity index is 1.60. The molecule has 6 aromatic rings. The Morgan fingerprint density at radius 3 is 2.03 bits per heavy atom. The summed E-state index contributed by atoms with van der Waals surface area (Å²) in [5.74, 6) is 0.581. The predicted octanol–water partition coefficient (Wildman–Crippen LogP) is 7.30. The molecule has 4 nitrogen and oxygen atoms in total. The first kappa shape index (κ1) is 23.0. The van der Waals surface area contributed by atoms with E-state index in [0.717, 1.165) is 22.1 Å². The zero-order valence-electron chi connectivity index (χ0n) is 19.8. The lowest BCUT2D eigenvalue weighted by Crippen LogP contribution is -2.31. The number of hydrogen-bond donors (Lipinski definition) is 1. The molecule has 0 aliphatic carbocycles. The summed E-state index contributed by atoms with van der Waals surface area (Å²) in [6, 6.07) is 38.5. The van der Waals surface area contributed by atoms with Gasteiger partial charge in [0.1, 0.15) is 0 Å². The molecule has 2 heterocycles. The molecule has 37 heavy (non-hydrogen) atoms. The van der Waals surface area contributed by atoms with Crippen LogP contribution < -0.4 is 0 Å². The smallest absolute Gasteiger partial charge is 0.163 e. The van der Waals surface area contributed by atoms with E-state index in [-0.39, 0.29) is 0 Å². The third kappa shape index (κ3) is 4.16. The Morgan fingerprint density at radius 2 is 1.27 bits per heavy atom. The zero-order chi connectivity index (χ0) is 25.2. The van der Waals surface area contributed by atoms with Crippen molar-refractivity contribution in [1.82, 2.24) is 15.0 Å². The Bertz CT molecular complexity index is 1710. The van der Waals surface area contributed by atoms with Gasteiger partial charge in [-0.1, -0.05) is 115 Å². The maximum Gasteiger partial charge on any atom is 0.163 e. The van der Waals surface area contributed by atoms with Crippen molar-refractivity contribution in [3.05, 3.63) is 149 Å². The molecule has 1 unspecified atom stereocenters. The fraction of sp³-hybridized carbons (Fsp3) is 0.0312. The van der Waals surface area contributed by atoms with Gasteiger partial charge in [-0.05, 0) is 29.3 Å². The van der Waals surface area contributed by atoms with E-state index in [4.69, 9.17) is 21.6 Å². The van der Waals surface area contributed by atoms with Gasteiger partial charge in [-0.2, -0.15) is 0 Å². The molecule has 1 N–H and O–H groups in total. The van der Waals surface area contributed by atoms with Crippen molar-refractivity contribution in [1.29, 1.82) is 0 Å². The van der Waals surface area contributed by atoms with Crippen LogP contribution in [0.2, 0.25) is 5.02 Å². The third-order valence-electron chi connectivity index (χ3n) is 6.52. The van der Waals surface area contributed by atoms with E-state index >= 15 is 0 Å². The van der Waals surface area contributed by atoms with Gasteiger partial charge in [-0.15, -0.1) is 0 Å². The molecule has 0 radical (unpaired) electrons. The van der Waals surface area contributed by atoms with Crippen LogP contribution in [-0.2, 0) is 5.60 Å². The molecule has 178 valence electrons. The van der Waals surface area contributed by atoms with Gasteiger partial charge in [-0.25, -0.2) is 15.0 Å². The second-order valence-corrected chi connectivity index (χ2v) is 9.18. The van der Waals surface area contributed by atoms with Crippen molar-refractivity contribution >= 4 is 22.6 Å². The summed E-state index contributed by atoms with van der Waals surface area (Å²) in [6.45, 7) is 0. The number of aromatic nitrogens is 3. The highest BCUT2D eigenvalue weighted by Gasteiger charge is 2.37. The average molecular weight is 500 g/mol.